The van der Waals surface area contributed by atoms with E-state index in [2.05, 4.69) is 34.9 Å². The third kappa shape index (κ3) is 3.88. The summed E-state index contributed by atoms with van der Waals surface area (Å²) in [7, 11) is 0. The maximum atomic E-state index is 10.9. The van der Waals surface area contributed by atoms with Crippen LogP contribution in [0.2, 0.25) is 0 Å². The quantitative estimate of drug-likeness (QED) is 0.783. The molecule has 19 heavy (non-hydrogen) atoms. The van der Waals surface area contributed by atoms with Gasteiger partial charge in [-0.05, 0) is 30.5 Å². The number of carbonyl (C=O) groups is 1. The number of thioether (sulfide) groups is 1. The molecule has 0 bridgehead atoms. The molecule has 1 unspecified atom stereocenters. The van der Waals surface area contributed by atoms with Crippen LogP contribution in [0.1, 0.15) is 18.4 Å². The molecule has 1 aliphatic heterocycles. The zero-order valence-electron chi connectivity index (χ0n) is 10.7. The summed E-state index contributed by atoms with van der Waals surface area (Å²) >= 11 is 1.73. The second-order valence-corrected chi connectivity index (χ2v) is 6.11. The van der Waals surface area contributed by atoms with Crippen LogP contribution in [-0.4, -0.2) is 30.5 Å². The van der Waals surface area contributed by atoms with Gasteiger partial charge in [-0.3, -0.25) is 0 Å². The SMILES string of the molecule is O=C1NCC(CSc2ccc(CNC3CC3)cc2)O1. The highest BCUT2D eigenvalue weighted by Gasteiger charge is 2.22. The van der Waals surface area contributed by atoms with Gasteiger partial charge in [0.1, 0.15) is 6.10 Å². The maximum absolute atomic E-state index is 10.9. The maximum Gasteiger partial charge on any atom is 0.407 e. The summed E-state index contributed by atoms with van der Waals surface area (Å²) in [6, 6.07) is 9.35. The van der Waals surface area contributed by atoms with E-state index >= 15 is 0 Å². The van der Waals surface area contributed by atoms with Crippen molar-refractivity contribution in [3.63, 3.8) is 0 Å². The highest BCUT2D eigenvalue weighted by molar-refractivity contribution is 7.99. The fourth-order valence-corrected chi connectivity index (χ4v) is 2.86. The minimum atomic E-state index is -0.299. The standard InChI is InChI=1S/C14H18N2O2S/c17-14-16-8-12(18-14)9-19-13-5-1-10(2-6-13)7-15-11-3-4-11/h1-2,5-6,11-12,15H,3-4,7-9H2,(H,16,17). The van der Waals surface area contributed by atoms with Gasteiger partial charge < -0.3 is 15.4 Å². The zero-order valence-corrected chi connectivity index (χ0v) is 11.5. The van der Waals surface area contributed by atoms with Crippen LogP contribution < -0.4 is 10.6 Å². The van der Waals surface area contributed by atoms with Crippen molar-refractivity contribution in [2.24, 2.45) is 0 Å². The smallest absolute Gasteiger partial charge is 0.407 e. The van der Waals surface area contributed by atoms with E-state index in [4.69, 9.17) is 4.74 Å². The Balaban J connectivity index is 1.44. The highest BCUT2D eigenvalue weighted by atomic mass is 32.2. The van der Waals surface area contributed by atoms with E-state index in [1.165, 1.54) is 23.3 Å². The van der Waals surface area contributed by atoms with Crippen molar-refractivity contribution < 1.29 is 9.53 Å². The van der Waals surface area contributed by atoms with Gasteiger partial charge in [0, 0.05) is 23.2 Å². The number of carbonyl (C=O) groups excluding carboxylic acids is 1. The number of nitrogens with one attached hydrogen (secondary N) is 2. The fraction of sp³-hybridized carbons (Fsp3) is 0.500. The third-order valence-electron chi connectivity index (χ3n) is 3.28. The van der Waals surface area contributed by atoms with Crippen LogP contribution in [0.5, 0.6) is 0 Å². The third-order valence-corrected chi connectivity index (χ3v) is 4.42. The van der Waals surface area contributed by atoms with E-state index in [1.54, 1.807) is 11.8 Å². The molecule has 1 heterocycles. The van der Waals surface area contributed by atoms with Gasteiger partial charge in [-0.25, -0.2) is 4.79 Å². The number of hydrogen-bond donors (Lipinski definition) is 2. The van der Waals surface area contributed by atoms with Gasteiger partial charge in [0.05, 0.1) is 6.54 Å². The number of alkyl carbamates (subject to hydrolysis) is 1. The Morgan fingerprint density at radius 3 is 2.74 bits per heavy atom. The lowest BCUT2D eigenvalue weighted by atomic mass is 10.2. The molecule has 2 aliphatic rings. The Morgan fingerprint density at radius 1 is 1.32 bits per heavy atom. The van der Waals surface area contributed by atoms with Crippen molar-refractivity contribution in [1.29, 1.82) is 0 Å². The predicted molar refractivity (Wildman–Crippen MR) is 75.3 cm³/mol. The number of hydrogen-bond acceptors (Lipinski definition) is 4. The van der Waals surface area contributed by atoms with Crippen molar-refractivity contribution in [3.05, 3.63) is 29.8 Å². The summed E-state index contributed by atoms with van der Waals surface area (Å²) in [5.41, 5.74) is 1.32. The Labute approximate surface area is 117 Å². The number of cyclic esters (lactones) is 1. The van der Waals surface area contributed by atoms with Gasteiger partial charge in [-0.15, -0.1) is 11.8 Å². The average Bonchev–Trinajstić information content (AvgIpc) is 3.17. The summed E-state index contributed by atoms with van der Waals surface area (Å²) in [6.07, 6.45) is 2.34. The number of rotatable bonds is 6. The second-order valence-electron chi connectivity index (χ2n) is 5.02. The Bertz CT molecular complexity index is 445. The van der Waals surface area contributed by atoms with Crippen molar-refractivity contribution in [2.75, 3.05) is 12.3 Å². The number of benzene rings is 1. The molecule has 2 N–H and O–H groups in total. The molecule has 1 amide bonds. The molecule has 1 aliphatic carbocycles. The van der Waals surface area contributed by atoms with Crippen molar-refractivity contribution in [3.8, 4) is 0 Å². The predicted octanol–water partition coefficient (Wildman–Crippen LogP) is 2.14. The molecular weight excluding hydrogens is 260 g/mol. The Morgan fingerprint density at radius 2 is 2.11 bits per heavy atom. The molecule has 1 saturated heterocycles. The van der Waals surface area contributed by atoms with Crippen LogP contribution in [0.15, 0.2) is 29.2 Å². The first-order valence-electron chi connectivity index (χ1n) is 6.69. The monoisotopic (exact) mass is 278 g/mol. The molecular formula is C14H18N2O2S. The Hall–Kier alpha value is -1.20. The van der Waals surface area contributed by atoms with E-state index in [0.717, 1.165) is 18.3 Å². The van der Waals surface area contributed by atoms with Crippen LogP contribution in [0.4, 0.5) is 4.79 Å². The van der Waals surface area contributed by atoms with Gasteiger partial charge in [0.15, 0.2) is 0 Å². The van der Waals surface area contributed by atoms with Crippen molar-refractivity contribution in [2.45, 2.75) is 36.4 Å². The summed E-state index contributed by atoms with van der Waals surface area (Å²) in [6.45, 7) is 1.58. The zero-order chi connectivity index (χ0) is 13.1. The second kappa shape index (κ2) is 5.84. The van der Waals surface area contributed by atoms with Gasteiger partial charge >= 0.3 is 6.09 Å². The summed E-state index contributed by atoms with van der Waals surface area (Å²) < 4.78 is 5.10. The van der Waals surface area contributed by atoms with Gasteiger partial charge in [-0.1, -0.05) is 12.1 Å². The molecule has 3 rings (SSSR count). The van der Waals surface area contributed by atoms with Crippen molar-refractivity contribution >= 4 is 17.9 Å². The van der Waals surface area contributed by atoms with E-state index in [0.29, 0.717) is 6.54 Å². The molecule has 4 nitrogen and oxygen atoms in total. The van der Waals surface area contributed by atoms with Crippen molar-refractivity contribution in [1.82, 2.24) is 10.6 Å². The van der Waals surface area contributed by atoms with Gasteiger partial charge in [-0.2, -0.15) is 0 Å². The first-order valence-corrected chi connectivity index (χ1v) is 7.68. The summed E-state index contributed by atoms with van der Waals surface area (Å²) in [4.78, 5) is 12.1. The van der Waals surface area contributed by atoms with E-state index < -0.39 is 0 Å². The highest BCUT2D eigenvalue weighted by Crippen LogP contribution is 2.22. The molecule has 1 aromatic rings. The first-order chi connectivity index (χ1) is 9.29. The molecule has 0 spiro atoms. The lowest BCUT2D eigenvalue weighted by molar-refractivity contribution is 0.150. The number of amides is 1. The average molecular weight is 278 g/mol. The molecule has 5 heteroatoms. The molecule has 1 atom stereocenters. The molecule has 2 fully saturated rings. The summed E-state index contributed by atoms with van der Waals surface area (Å²) in [5, 5.41) is 6.17. The minimum absolute atomic E-state index is 0.00582. The lowest BCUT2D eigenvalue weighted by Crippen LogP contribution is -2.16. The molecule has 102 valence electrons. The molecule has 1 aromatic carbocycles. The number of ether oxygens (including phenoxy) is 1. The first kappa shape index (κ1) is 12.8. The molecule has 0 radical (unpaired) electrons. The Kier molecular flexibility index (Phi) is 3.94. The fourth-order valence-electron chi connectivity index (χ4n) is 1.97. The molecule has 1 saturated carbocycles. The lowest BCUT2D eigenvalue weighted by Gasteiger charge is -2.08. The van der Waals surface area contributed by atoms with Gasteiger partial charge in [0.2, 0.25) is 0 Å². The van der Waals surface area contributed by atoms with Crippen LogP contribution >= 0.6 is 11.8 Å². The van der Waals surface area contributed by atoms with Gasteiger partial charge in [0.25, 0.3) is 0 Å². The van der Waals surface area contributed by atoms with E-state index in [9.17, 15) is 4.79 Å². The van der Waals surface area contributed by atoms with E-state index in [1.807, 2.05) is 0 Å². The van der Waals surface area contributed by atoms with Crippen LogP contribution in [-0.2, 0) is 11.3 Å². The minimum Gasteiger partial charge on any atom is -0.443 e. The van der Waals surface area contributed by atoms with Crippen LogP contribution in [0.3, 0.4) is 0 Å². The van der Waals surface area contributed by atoms with Crippen LogP contribution in [0.25, 0.3) is 0 Å². The summed E-state index contributed by atoms with van der Waals surface area (Å²) in [5.74, 6) is 0.804. The van der Waals surface area contributed by atoms with E-state index in [-0.39, 0.29) is 12.2 Å². The molecule has 0 aromatic heterocycles. The van der Waals surface area contributed by atoms with Crippen LogP contribution in [0, 0.1) is 0 Å². The topological polar surface area (TPSA) is 50.4 Å². The normalized spacial score (nSPS) is 22.1. The largest absolute Gasteiger partial charge is 0.443 e.